The molecule has 0 bridgehead atoms. The first-order chi connectivity index (χ1) is 9.92. The molecule has 21 heavy (non-hydrogen) atoms. The van der Waals surface area contributed by atoms with Crippen LogP contribution >= 0.6 is 0 Å². The highest BCUT2D eigenvalue weighted by Gasteiger charge is 2.06. The molecule has 0 spiro atoms. The van der Waals surface area contributed by atoms with Crippen LogP contribution < -0.4 is 4.74 Å². The van der Waals surface area contributed by atoms with E-state index in [9.17, 15) is 0 Å². The van der Waals surface area contributed by atoms with Crippen LogP contribution in [0.15, 0.2) is 42.0 Å². The summed E-state index contributed by atoms with van der Waals surface area (Å²) in [7, 11) is 4.12. The van der Waals surface area contributed by atoms with Crippen LogP contribution in [0.25, 0.3) is 0 Å². The van der Waals surface area contributed by atoms with Gasteiger partial charge in [0.25, 0.3) is 0 Å². The summed E-state index contributed by atoms with van der Waals surface area (Å²) in [6.45, 7) is 12.2. The third-order valence-electron chi connectivity index (χ3n) is 2.92. The van der Waals surface area contributed by atoms with Crippen molar-refractivity contribution in [2.75, 3.05) is 27.2 Å². The lowest BCUT2D eigenvalue weighted by atomic mass is 10.2. The number of rotatable bonds is 8. The van der Waals surface area contributed by atoms with E-state index in [1.165, 1.54) is 0 Å². The number of aryl methyl sites for hydroxylation is 1. The molecule has 0 N–H and O–H groups in total. The fourth-order valence-electron chi connectivity index (χ4n) is 1.90. The molecule has 0 aliphatic rings. The van der Waals surface area contributed by atoms with E-state index in [4.69, 9.17) is 4.74 Å². The molecule has 0 fully saturated rings. The minimum Gasteiger partial charge on any atom is -0.472 e. The van der Waals surface area contributed by atoms with Crippen molar-refractivity contribution in [2.45, 2.75) is 27.3 Å². The van der Waals surface area contributed by atoms with Gasteiger partial charge in [0.05, 0.1) is 6.54 Å². The maximum atomic E-state index is 5.78. The number of aromatic nitrogens is 2. The van der Waals surface area contributed by atoms with Crippen molar-refractivity contribution in [1.82, 2.24) is 14.7 Å². The normalized spacial score (nSPS) is 12.4. The summed E-state index contributed by atoms with van der Waals surface area (Å²) in [6.07, 6.45) is 6.06. The van der Waals surface area contributed by atoms with E-state index in [0.29, 0.717) is 12.5 Å². The maximum Gasteiger partial charge on any atom is 0.233 e. The van der Waals surface area contributed by atoms with Crippen molar-refractivity contribution in [3.8, 4) is 5.88 Å². The molecule has 4 heteroatoms. The van der Waals surface area contributed by atoms with Crippen LogP contribution in [0.2, 0.25) is 0 Å². The lowest BCUT2D eigenvalue weighted by Crippen LogP contribution is -2.19. The van der Waals surface area contributed by atoms with E-state index in [2.05, 4.69) is 30.7 Å². The Kier molecular flexibility index (Phi) is 6.96. The van der Waals surface area contributed by atoms with E-state index in [-0.39, 0.29) is 0 Å². The van der Waals surface area contributed by atoms with E-state index >= 15 is 0 Å². The highest BCUT2D eigenvalue weighted by Crippen LogP contribution is 2.13. The van der Waals surface area contributed by atoms with Gasteiger partial charge in [-0.15, -0.1) is 5.10 Å². The highest BCUT2D eigenvalue weighted by molar-refractivity contribution is 5.28. The average molecular weight is 289 g/mol. The molecule has 0 amide bonds. The van der Waals surface area contributed by atoms with Gasteiger partial charge in [-0.3, -0.25) is 4.68 Å². The second kappa shape index (κ2) is 8.47. The van der Waals surface area contributed by atoms with Gasteiger partial charge in [-0.25, -0.2) is 0 Å². The number of nitrogens with zero attached hydrogens (tertiary/aromatic N) is 3. The van der Waals surface area contributed by atoms with E-state index in [1.54, 1.807) is 0 Å². The van der Waals surface area contributed by atoms with Gasteiger partial charge in [-0.2, -0.15) is 0 Å². The van der Waals surface area contributed by atoms with Crippen molar-refractivity contribution in [3.05, 3.63) is 47.7 Å². The van der Waals surface area contributed by atoms with Crippen LogP contribution in [0.4, 0.5) is 0 Å². The Bertz CT molecular complexity index is 524. The number of hydrogen-bond acceptors (Lipinski definition) is 3. The summed E-state index contributed by atoms with van der Waals surface area (Å²) in [4.78, 5) is 2.14. The Balaban J connectivity index is 2.66. The van der Waals surface area contributed by atoms with Crippen molar-refractivity contribution in [1.29, 1.82) is 0 Å². The molecule has 116 valence electrons. The van der Waals surface area contributed by atoms with Crippen LogP contribution in [0.3, 0.4) is 0 Å². The zero-order valence-corrected chi connectivity index (χ0v) is 13.9. The SMILES string of the molecule is C=C(C)/C=C(\C=C/C)COc1cc(C)n(CCN(C)C)n1. The van der Waals surface area contributed by atoms with Gasteiger partial charge in [0.1, 0.15) is 6.61 Å². The minimum absolute atomic E-state index is 0.501. The third-order valence-corrected chi connectivity index (χ3v) is 2.92. The molecular formula is C17H27N3O. The first kappa shape index (κ1) is 17.2. The molecule has 0 aromatic carbocycles. The smallest absolute Gasteiger partial charge is 0.233 e. The van der Waals surface area contributed by atoms with Crippen LogP contribution in [0.1, 0.15) is 19.5 Å². The molecule has 0 atom stereocenters. The topological polar surface area (TPSA) is 30.3 Å². The second-order valence-corrected chi connectivity index (χ2v) is 5.50. The number of ether oxygens (including phenoxy) is 1. The molecule has 4 nitrogen and oxygen atoms in total. The summed E-state index contributed by atoms with van der Waals surface area (Å²) in [5.74, 6) is 0.670. The van der Waals surface area contributed by atoms with Gasteiger partial charge in [-0.05, 0) is 40.4 Å². The highest BCUT2D eigenvalue weighted by atomic mass is 16.5. The zero-order chi connectivity index (χ0) is 15.8. The van der Waals surface area contributed by atoms with Gasteiger partial charge < -0.3 is 9.64 Å². The average Bonchev–Trinajstić information content (AvgIpc) is 2.74. The maximum absolute atomic E-state index is 5.78. The Morgan fingerprint density at radius 3 is 2.76 bits per heavy atom. The molecule has 1 rings (SSSR count). The zero-order valence-electron chi connectivity index (χ0n) is 13.9. The van der Waals surface area contributed by atoms with Gasteiger partial charge in [0.2, 0.25) is 5.88 Å². The largest absolute Gasteiger partial charge is 0.472 e. The van der Waals surface area contributed by atoms with Gasteiger partial charge in [-0.1, -0.05) is 30.4 Å². The molecule has 0 aliphatic carbocycles. The van der Waals surface area contributed by atoms with E-state index in [0.717, 1.165) is 29.9 Å². The van der Waals surface area contributed by atoms with Gasteiger partial charge >= 0.3 is 0 Å². The van der Waals surface area contributed by atoms with Crippen LogP contribution in [0.5, 0.6) is 5.88 Å². The Morgan fingerprint density at radius 1 is 1.48 bits per heavy atom. The lowest BCUT2D eigenvalue weighted by molar-refractivity contribution is 0.327. The van der Waals surface area contributed by atoms with Crippen molar-refractivity contribution >= 4 is 0 Å². The van der Waals surface area contributed by atoms with E-state index in [1.807, 2.05) is 49.7 Å². The fourth-order valence-corrected chi connectivity index (χ4v) is 1.90. The molecule has 1 aromatic rings. The first-order valence-corrected chi connectivity index (χ1v) is 7.23. The fraction of sp³-hybridized carbons (Fsp3) is 0.471. The van der Waals surface area contributed by atoms with Crippen LogP contribution in [-0.2, 0) is 6.54 Å². The summed E-state index contributed by atoms with van der Waals surface area (Å²) >= 11 is 0. The van der Waals surface area contributed by atoms with Crippen molar-refractivity contribution in [2.24, 2.45) is 0 Å². The standard InChI is InChI=1S/C17H27N3O/c1-7-8-16(11-14(2)3)13-21-17-12-15(4)20(18-17)10-9-19(5)6/h7-8,11-12H,2,9-10,13H2,1,3-6H3/b8-7-,16-11+. The predicted octanol–water partition coefficient (Wildman–Crippen LogP) is 3.21. The monoisotopic (exact) mass is 289 g/mol. The first-order valence-electron chi connectivity index (χ1n) is 7.23. The van der Waals surface area contributed by atoms with Gasteiger partial charge in [0, 0.05) is 18.3 Å². The Morgan fingerprint density at radius 2 is 2.19 bits per heavy atom. The Labute approximate surface area is 128 Å². The van der Waals surface area contributed by atoms with Crippen molar-refractivity contribution in [3.63, 3.8) is 0 Å². The molecule has 0 aliphatic heterocycles. The second-order valence-electron chi connectivity index (χ2n) is 5.50. The summed E-state index contributed by atoms with van der Waals surface area (Å²) in [6, 6.07) is 1.98. The molecule has 0 saturated heterocycles. The van der Waals surface area contributed by atoms with Crippen molar-refractivity contribution < 1.29 is 4.74 Å². The summed E-state index contributed by atoms with van der Waals surface area (Å²) in [5.41, 5.74) is 3.22. The van der Waals surface area contributed by atoms with Crippen LogP contribution in [0, 0.1) is 6.92 Å². The minimum atomic E-state index is 0.501. The quantitative estimate of drug-likeness (QED) is 0.688. The molecule has 0 unspecified atom stereocenters. The predicted molar refractivity (Wildman–Crippen MR) is 88.7 cm³/mol. The Hall–Kier alpha value is -1.81. The molecule has 1 aromatic heterocycles. The number of hydrogen-bond donors (Lipinski definition) is 0. The third kappa shape index (κ3) is 6.45. The molecule has 0 radical (unpaired) electrons. The molecular weight excluding hydrogens is 262 g/mol. The summed E-state index contributed by atoms with van der Waals surface area (Å²) < 4.78 is 7.76. The number of likely N-dealkylation sites (N-methyl/N-ethyl adjacent to an activating group) is 1. The van der Waals surface area contributed by atoms with E-state index < -0.39 is 0 Å². The van der Waals surface area contributed by atoms with Crippen LogP contribution in [-0.4, -0.2) is 41.9 Å². The summed E-state index contributed by atoms with van der Waals surface area (Å²) in [5, 5.41) is 4.49. The lowest BCUT2D eigenvalue weighted by Gasteiger charge is -2.10. The number of allylic oxidation sites excluding steroid dienone is 3. The van der Waals surface area contributed by atoms with Gasteiger partial charge in [0.15, 0.2) is 0 Å². The molecule has 0 saturated carbocycles. The molecule has 1 heterocycles.